The normalized spacial score (nSPS) is 17.6. The molecule has 1 fully saturated rings. The molecule has 1 rings (SSSR count). The third kappa shape index (κ3) is 15.0. The van der Waals surface area contributed by atoms with Crippen molar-refractivity contribution in [2.24, 2.45) is 0 Å². The van der Waals surface area contributed by atoms with Gasteiger partial charge in [0.15, 0.2) is 0 Å². The van der Waals surface area contributed by atoms with E-state index in [1.54, 1.807) is 0 Å². The molecule has 1 aliphatic heterocycles. The van der Waals surface area contributed by atoms with Crippen molar-refractivity contribution in [2.75, 3.05) is 112 Å². The predicted molar refractivity (Wildman–Crippen MR) is 198 cm³/mol. The van der Waals surface area contributed by atoms with Crippen LogP contribution in [0.2, 0.25) is 0 Å². The van der Waals surface area contributed by atoms with Gasteiger partial charge in [0, 0.05) is 85.6 Å². The Labute approximate surface area is 467 Å². The molecule has 0 aliphatic carbocycles. The molecule has 1 atom stereocenters. The number of hydrogen-bond acceptors (Lipinski definition) is 14. The maximum absolute atomic E-state index is 15.7. The van der Waals surface area contributed by atoms with E-state index >= 15 is 26.3 Å². The number of likely N-dealkylation sites (N-methyl/N-ethyl adjacent to an activating group) is 1. The Bertz CT molecular complexity index is 2130. The molecule has 0 spiro atoms. The summed E-state index contributed by atoms with van der Waals surface area (Å²) in [6.45, 7) is -13.9. The molecule has 2 amide bonds. The topological polar surface area (TPSA) is 203 Å². The van der Waals surface area contributed by atoms with Crippen LogP contribution in [0.15, 0.2) is 0 Å². The second-order valence-corrected chi connectivity index (χ2v) is 17.1. The molecular weight excluding hydrogens is 1360 g/mol. The van der Waals surface area contributed by atoms with E-state index in [4.69, 9.17) is 5.11 Å². The fourth-order valence-corrected chi connectivity index (χ4v) is 6.86. The zero-order valence-electron chi connectivity index (χ0n) is 40.3. The van der Waals surface area contributed by atoms with E-state index in [-0.39, 0.29) is 71.0 Å². The molecule has 0 aromatic heterocycles. The number of nitrogens with zero attached hydrogens (tertiary/aromatic N) is 6. The van der Waals surface area contributed by atoms with E-state index in [0.29, 0.717) is 7.05 Å². The maximum atomic E-state index is 15.7. The molecule has 1 aliphatic rings. The number of aliphatic hydroxyl groups is 1. The minimum Gasteiger partial charge on any atom is -0.549 e. The third-order valence-corrected chi connectivity index (χ3v) is 11.6. The first-order chi connectivity index (χ1) is 35.5. The molecule has 81 heavy (non-hydrogen) atoms. The van der Waals surface area contributed by atoms with E-state index in [9.17, 15) is 131 Å². The van der Waals surface area contributed by atoms with Crippen molar-refractivity contribution in [2.45, 2.75) is 90.3 Å². The number of rotatable bonds is 27. The summed E-state index contributed by atoms with van der Waals surface area (Å²) in [7, 11) is 0.352. The van der Waals surface area contributed by atoms with Crippen LogP contribution in [0, 0.1) is 39.9 Å². The first kappa shape index (κ1) is 77.5. The van der Waals surface area contributed by atoms with E-state index in [1.807, 2.05) is 0 Å². The van der Waals surface area contributed by atoms with Crippen molar-refractivity contribution < 1.29 is 208 Å². The van der Waals surface area contributed by atoms with Gasteiger partial charge in [-0.2, -0.15) is 119 Å². The summed E-state index contributed by atoms with van der Waals surface area (Å²) in [4.78, 5) is 63.1. The summed E-state index contributed by atoms with van der Waals surface area (Å²) in [5.74, 6) is -115. The Morgan fingerprint density at radius 1 is 0.469 bits per heavy atom. The number of carboxylic acid groups (broad SMARTS) is 3. The second kappa shape index (κ2) is 26.9. The number of carbonyl (C=O) groups excluding carboxylic acids is 5. The van der Waals surface area contributed by atoms with Crippen LogP contribution < -0.4 is 15.3 Å². The first-order valence-electron chi connectivity index (χ1n) is 21.4. The van der Waals surface area contributed by atoms with Gasteiger partial charge >= 0.3 is 117 Å². The minimum atomic E-state index is -10.0. The molecule has 1 unspecified atom stereocenters. The molecule has 0 aromatic carbocycles. The molecule has 0 saturated carbocycles. The average molecular weight is 1400 g/mol. The number of hydrogen-bond donors (Lipinski definition) is 1. The van der Waals surface area contributed by atoms with Crippen LogP contribution in [0.25, 0.3) is 0 Å². The summed E-state index contributed by atoms with van der Waals surface area (Å²) in [6.07, 6.45) is -8.35. The number of carboxylic acids is 3. The number of halogens is 27. The number of amides is 2. The molecule has 1 radical (unpaired) electrons. The number of ether oxygens (including phenoxy) is 1. The van der Waals surface area contributed by atoms with Gasteiger partial charge in [-0.3, -0.25) is 34.1 Å². The van der Waals surface area contributed by atoms with Crippen molar-refractivity contribution in [1.82, 2.24) is 29.4 Å². The summed E-state index contributed by atoms with van der Waals surface area (Å²) >= 11 is 0. The molecule has 0 aromatic rings. The van der Waals surface area contributed by atoms with Crippen LogP contribution in [0.3, 0.4) is 0 Å². The van der Waals surface area contributed by atoms with Crippen LogP contribution in [0.4, 0.5) is 119 Å². The van der Waals surface area contributed by atoms with Crippen molar-refractivity contribution in [1.29, 1.82) is 0 Å². The van der Waals surface area contributed by atoms with Crippen LogP contribution in [-0.4, -0.2) is 260 Å². The average Bonchev–Trinajstić information content (AvgIpc) is 3.29. The fourth-order valence-electron chi connectivity index (χ4n) is 6.86. The minimum absolute atomic E-state index is 0. The van der Waals surface area contributed by atoms with Gasteiger partial charge in [0.05, 0.1) is 50.3 Å². The summed E-state index contributed by atoms with van der Waals surface area (Å²) in [5, 5.41) is 43.0. The van der Waals surface area contributed by atoms with Crippen LogP contribution in [-0.2, 0) is 28.7 Å². The van der Waals surface area contributed by atoms with E-state index < -0.39 is 197 Å². The number of alkyl halides is 27. The van der Waals surface area contributed by atoms with Crippen LogP contribution >= 0.6 is 0 Å². The second-order valence-electron chi connectivity index (χ2n) is 17.1. The van der Waals surface area contributed by atoms with Gasteiger partial charge in [-0.1, -0.05) is 0 Å². The Kier molecular flexibility index (Phi) is 25.7. The number of aliphatic hydroxyl groups excluding tert-OH is 1. The largest absolute Gasteiger partial charge is 3.00 e. The van der Waals surface area contributed by atoms with Gasteiger partial charge in [0.1, 0.15) is 0 Å². The molecule has 1 saturated heterocycles. The molecule has 44 heteroatoms. The first-order valence-corrected chi connectivity index (χ1v) is 21.4. The fraction of sp³-hybridized carbons (Fsp3) is 0.865. The van der Waals surface area contributed by atoms with Crippen LogP contribution in [0.1, 0.15) is 6.92 Å². The Morgan fingerprint density at radius 3 is 1.01 bits per heavy atom. The van der Waals surface area contributed by atoms with Gasteiger partial charge < -0.3 is 44.4 Å². The Balaban J connectivity index is 0.0000640. The zero-order chi connectivity index (χ0) is 63.4. The summed E-state index contributed by atoms with van der Waals surface area (Å²) in [5.41, 5.74) is 0. The van der Waals surface area contributed by atoms with Crippen molar-refractivity contribution in [3.63, 3.8) is 0 Å². The molecule has 475 valence electrons. The molecule has 1 heterocycles. The Morgan fingerprint density at radius 2 is 0.741 bits per heavy atom. The quantitative estimate of drug-likeness (QED) is 0.0701. The number of aliphatic carboxylic acids is 3. The van der Waals surface area contributed by atoms with Crippen molar-refractivity contribution >= 4 is 29.7 Å². The van der Waals surface area contributed by atoms with E-state index in [0.717, 1.165) is 21.6 Å². The maximum Gasteiger partial charge on any atom is 3.00 e. The van der Waals surface area contributed by atoms with Crippen LogP contribution in [0.5, 0.6) is 0 Å². The number of carbonyl (C=O) groups is 5. The SMILES string of the molecule is CC(C(=O)N(C)CC(=O)N(CCOCCO)C(F)(F)C(F)(F)C(F)(F)C(F)(F)C(F)(F)C(F)(F)C(F)(F)C(F)(F)C(F)(F)C(F)(F)C(F)(F)C(F)(F)C(F)(F)F)N1CCN(CC(=O)[O-])CCN(CC(=O)[O-])CCN(CC(=O)[O-])CC1.[Gd+3]. The van der Waals surface area contributed by atoms with E-state index in [1.165, 1.54) is 4.90 Å². The molecule has 16 nitrogen and oxygen atoms in total. The van der Waals surface area contributed by atoms with Gasteiger partial charge in [-0.05, 0) is 6.92 Å². The van der Waals surface area contributed by atoms with Gasteiger partial charge in [-0.25, -0.2) is 0 Å². The van der Waals surface area contributed by atoms with E-state index in [2.05, 4.69) is 4.74 Å². The third-order valence-electron chi connectivity index (χ3n) is 11.6. The van der Waals surface area contributed by atoms with Gasteiger partial charge in [0.25, 0.3) is 0 Å². The van der Waals surface area contributed by atoms with Crippen molar-refractivity contribution in [3.05, 3.63) is 0 Å². The van der Waals surface area contributed by atoms with Crippen molar-refractivity contribution in [3.8, 4) is 0 Å². The van der Waals surface area contributed by atoms with Gasteiger partial charge in [-0.15, -0.1) is 0 Å². The zero-order valence-corrected chi connectivity index (χ0v) is 42.5. The monoisotopic (exact) mass is 1400 g/mol. The predicted octanol–water partition coefficient (Wildman–Crippen LogP) is 1.29. The standard InChI is InChI=1S/C37H43F27N6O10.Gd/c1-19(69-9-7-67(17-22(75)76)5-3-66(16-21(73)74)4-6-68(8-10-69)18-23(77)78)24(79)65(2)15-20(72)70(11-13-80-14-12-71)37(63,64)35(58,59)33(54,55)31(50,51)29(46,47)27(42,43)25(38,39)26(40,41)28(44,45)30(48,49)32(52,53)34(56,57)36(60,61)62;/h19,71H,3-18H2,1-2H3,(H,73,74)(H,75,76)(H,77,78);/q;+3/p-3. The summed E-state index contributed by atoms with van der Waals surface area (Å²) in [6, 6.07) is -9.64. The molecular formula is C37H40F27GdN6O10. The Hall–Kier alpha value is -3.46. The molecule has 0 bridgehead atoms. The summed E-state index contributed by atoms with van der Waals surface area (Å²) < 4.78 is 388. The smallest absolute Gasteiger partial charge is 0.549 e. The molecule has 1 N–H and O–H groups in total. The van der Waals surface area contributed by atoms with Gasteiger partial charge in [0.2, 0.25) is 11.8 Å².